The molecule has 0 unspecified atom stereocenters. The number of ketones is 1. The molecule has 0 atom stereocenters. The first-order chi connectivity index (χ1) is 14.3. The van der Waals surface area contributed by atoms with Crippen LogP contribution >= 0.6 is 0 Å². The van der Waals surface area contributed by atoms with Gasteiger partial charge in [0.2, 0.25) is 0 Å². The van der Waals surface area contributed by atoms with Crippen molar-refractivity contribution < 1.29 is 23.8 Å². The highest BCUT2D eigenvalue weighted by molar-refractivity contribution is 6.21. The lowest BCUT2D eigenvalue weighted by Crippen LogP contribution is -2.31. The minimum absolute atomic E-state index is 0.107. The maximum Gasteiger partial charge on any atom is 0.252 e. The molecule has 0 saturated heterocycles. The van der Waals surface area contributed by atoms with E-state index in [1.807, 2.05) is 45.0 Å². The molecule has 0 radical (unpaired) electrons. The second kappa shape index (κ2) is 7.52. The first kappa shape index (κ1) is 20.0. The standard InChI is InChI=1S/C24H25NO5/c1-14-5-6-17-18(7-8-29-20(17)9-14)23(27)25-13-19(26)15-10-16-12-24(2,3)30-22(16)21(11-15)28-4/h5-7,9-11H,8,12-13H2,1-4H3,(H,25,27). The summed E-state index contributed by atoms with van der Waals surface area (Å²) >= 11 is 0. The Morgan fingerprint density at radius 1 is 1.20 bits per heavy atom. The van der Waals surface area contributed by atoms with Crippen LogP contribution in [-0.4, -0.2) is 37.6 Å². The van der Waals surface area contributed by atoms with Gasteiger partial charge in [-0.1, -0.05) is 12.1 Å². The van der Waals surface area contributed by atoms with Gasteiger partial charge in [0, 0.05) is 28.7 Å². The third kappa shape index (κ3) is 3.77. The van der Waals surface area contributed by atoms with Gasteiger partial charge in [0.05, 0.1) is 13.7 Å². The van der Waals surface area contributed by atoms with Gasteiger partial charge in [-0.3, -0.25) is 9.59 Å². The molecular weight excluding hydrogens is 382 g/mol. The Morgan fingerprint density at radius 3 is 2.77 bits per heavy atom. The molecule has 2 aliphatic rings. The number of hydrogen-bond donors (Lipinski definition) is 1. The molecule has 0 aliphatic carbocycles. The van der Waals surface area contributed by atoms with Crippen LogP contribution in [-0.2, 0) is 11.2 Å². The van der Waals surface area contributed by atoms with Gasteiger partial charge in [-0.2, -0.15) is 0 Å². The Balaban J connectivity index is 1.49. The van der Waals surface area contributed by atoms with Crippen LogP contribution in [0.4, 0.5) is 0 Å². The van der Waals surface area contributed by atoms with E-state index in [1.54, 1.807) is 19.3 Å². The van der Waals surface area contributed by atoms with Crippen molar-refractivity contribution in [3.8, 4) is 17.2 Å². The molecule has 0 fully saturated rings. The van der Waals surface area contributed by atoms with Gasteiger partial charge in [-0.05, 0) is 50.6 Å². The van der Waals surface area contributed by atoms with Crippen molar-refractivity contribution in [2.24, 2.45) is 0 Å². The van der Waals surface area contributed by atoms with Gasteiger partial charge in [-0.15, -0.1) is 0 Å². The fraction of sp³-hybridized carbons (Fsp3) is 0.333. The second-order valence-corrected chi connectivity index (χ2v) is 8.24. The van der Waals surface area contributed by atoms with Crippen LogP contribution in [0.2, 0.25) is 0 Å². The van der Waals surface area contributed by atoms with E-state index >= 15 is 0 Å². The molecule has 2 aromatic rings. The first-order valence-corrected chi connectivity index (χ1v) is 9.93. The summed E-state index contributed by atoms with van der Waals surface area (Å²) in [7, 11) is 1.55. The number of ether oxygens (including phenoxy) is 3. The van der Waals surface area contributed by atoms with Gasteiger partial charge >= 0.3 is 0 Å². The van der Waals surface area contributed by atoms with Crippen molar-refractivity contribution in [1.82, 2.24) is 5.32 Å². The number of carbonyl (C=O) groups excluding carboxylic acids is 2. The zero-order valence-electron chi connectivity index (χ0n) is 17.6. The normalized spacial score (nSPS) is 15.8. The molecule has 4 rings (SSSR count). The number of hydrogen-bond acceptors (Lipinski definition) is 5. The fourth-order valence-electron chi connectivity index (χ4n) is 3.86. The van der Waals surface area contributed by atoms with E-state index in [0.717, 1.165) is 16.7 Å². The lowest BCUT2D eigenvalue weighted by molar-refractivity contribution is -0.115. The number of Topliss-reactive ketones (excluding diaryl/α,β-unsaturated/α-hetero) is 1. The molecule has 2 heterocycles. The fourth-order valence-corrected chi connectivity index (χ4v) is 3.86. The Bertz CT molecular complexity index is 1070. The zero-order valence-corrected chi connectivity index (χ0v) is 17.6. The van der Waals surface area contributed by atoms with Crippen molar-refractivity contribution in [2.75, 3.05) is 20.3 Å². The van der Waals surface area contributed by atoms with Crippen LogP contribution in [0.15, 0.2) is 36.4 Å². The van der Waals surface area contributed by atoms with Crippen molar-refractivity contribution in [2.45, 2.75) is 32.8 Å². The van der Waals surface area contributed by atoms with E-state index in [0.29, 0.717) is 41.4 Å². The van der Waals surface area contributed by atoms with Crippen LogP contribution < -0.4 is 19.5 Å². The van der Waals surface area contributed by atoms with Gasteiger partial charge in [-0.25, -0.2) is 0 Å². The van der Waals surface area contributed by atoms with Crippen molar-refractivity contribution in [1.29, 1.82) is 0 Å². The molecule has 2 aromatic carbocycles. The molecule has 6 nitrogen and oxygen atoms in total. The number of benzene rings is 2. The van der Waals surface area contributed by atoms with E-state index in [2.05, 4.69) is 5.32 Å². The zero-order chi connectivity index (χ0) is 21.5. The van der Waals surface area contributed by atoms with Gasteiger partial charge in [0.1, 0.15) is 18.0 Å². The number of amides is 1. The van der Waals surface area contributed by atoms with E-state index < -0.39 is 0 Å². The molecule has 0 bridgehead atoms. The van der Waals surface area contributed by atoms with Crippen LogP contribution in [0.3, 0.4) is 0 Å². The molecule has 6 heteroatoms. The van der Waals surface area contributed by atoms with Crippen LogP contribution in [0.1, 0.15) is 40.9 Å². The highest BCUT2D eigenvalue weighted by Crippen LogP contribution is 2.42. The maximum atomic E-state index is 12.8. The Hall–Kier alpha value is -3.28. The second-order valence-electron chi connectivity index (χ2n) is 8.24. The minimum Gasteiger partial charge on any atom is -0.493 e. The number of fused-ring (bicyclic) bond motifs is 2. The van der Waals surface area contributed by atoms with E-state index in [4.69, 9.17) is 14.2 Å². The predicted octanol–water partition coefficient (Wildman–Crippen LogP) is 3.49. The number of aryl methyl sites for hydroxylation is 1. The van der Waals surface area contributed by atoms with Crippen LogP contribution in [0.5, 0.6) is 17.2 Å². The average Bonchev–Trinajstić information content (AvgIpc) is 3.04. The van der Waals surface area contributed by atoms with Crippen molar-refractivity contribution >= 4 is 17.3 Å². The maximum absolute atomic E-state index is 12.8. The molecule has 30 heavy (non-hydrogen) atoms. The minimum atomic E-state index is -0.341. The topological polar surface area (TPSA) is 73.9 Å². The first-order valence-electron chi connectivity index (χ1n) is 9.93. The van der Waals surface area contributed by atoms with Gasteiger partial charge in [0.15, 0.2) is 17.3 Å². The van der Waals surface area contributed by atoms with E-state index in [9.17, 15) is 9.59 Å². The smallest absolute Gasteiger partial charge is 0.252 e. The van der Waals surface area contributed by atoms with Gasteiger partial charge in [0.25, 0.3) is 5.91 Å². The summed E-state index contributed by atoms with van der Waals surface area (Å²) in [5.41, 5.74) is 3.39. The van der Waals surface area contributed by atoms with Crippen molar-refractivity contribution in [3.63, 3.8) is 0 Å². The number of methoxy groups -OCH3 is 1. The summed E-state index contributed by atoms with van der Waals surface area (Å²) < 4.78 is 17.0. The van der Waals surface area contributed by atoms with E-state index in [1.165, 1.54) is 0 Å². The highest BCUT2D eigenvalue weighted by Gasteiger charge is 2.33. The van der Waals surface area contributed by atoms with Crippen LogP contribution in [0, 0.1) is 6.92 Å². The molecule has 1 amide bonds. The third-order valence-corrected chi connectivity index (χ3v) is 5.28. The summed E-state index contributed by atoms with van der Waals surface area (Å²) in [6.45, 7) is 6.18. The quantitative estimate of drug-likeness (QED) is 0.768. The molecule has 0 saturated carbocycles. The number of rotatable bonds is 5. The monoisotopic (exact) mass is 407 g/mol. The molecule has 2 aliphatic heterocycles. The Labute approximate surface area is 175 Å². The molecule has 0 aromatic heterocycles. The van der Waals surface area contributed by atoms with Crippen molar-refractivity contribution in [3.05, 3.63) is 58.7 Å². The summed E-state index contributed by atoms with van der Waals surface area (Å²) in [6, 6.07) is 9.19. The third-order valence-electron chi connectivity index (χ3n) is 5.28. The predicted molar refractivity (Wildman–Crippen MR) is 113 cm³/mol. The Kier molecular flexibility index (Phi) is 5.02. The largest absolute Gasteiger partial charge is 0.493 e. The lowest BCUT2D eigenvalue weighted by atomic mass is 9.98. The highest BCUT2D eigenvalue weighted by atomic mass is 16.5. The molecular formula is C24H25NO5. The average molecular weight is 407 g/mol. The molecule has 1 N–H and O–H groups in total. The number of carbonyl (C=O) groups is 2. The summed E-state index contributed by atoms with van der Waals surface area (Å²) in [6.07, 6.45) is 2.42. The van der Waals surface area contributed by atoms with E-state index in [-0.39, 0.29) is 23.8 Å². The lowest BCUT2D eigenvalue weighted by Gasteiger charge is -2.19. The Morgan fingerprint density at radius 2 is 2.00 bits per heavy atom. The summed E-state index contributed by atoms with van der Waals surface area (Å²) in [4.78, 5) is 25.5. The van der Waals surface area contributed by atoms with Gasteiger partial charge < -0.3 is 19.5 Å². The van der Waals surface area contributed by atoms with Crippen LogP contribution in [0.25, 0.3) is 5.57 Å². The summed E-state index contributed by atoms with van der Waals surface area (Å²) in [5.74, 6) is 1.41. The molecule has 0 spiro atoms. The SMILES string of the molecule is COc1cc(C(=O)CNC(=O)C2=CCOc3cc(C)ccc32)cc2c1OC(C)(C)C2. The molecule has 156 valence electrons. The number of nitrogens with one attached hydrogen (secondary N) is 1. The summed E-state index contributed by atoms with van der Waals surface area (Å²) in [5, 5.41) is 2.74.